The predicted molar refractivity (Wildman–Crippen MR) is 61.4 cm³/mol. The molecular formula is C12H19NO5. The molecule has 0 spiro atoms. The van der Waals surface area contributed by atoms with Crippen LogP contribution < -0.4 is 0 Å². The van der Waals surface area contributed by atoms with Gasteiger partial charge in [0.05, 0.1) is 5.92 Å². The summed E-state index contributed by atoms with van der Waals surface area (Å²) >= 11 is 0. The molecule has 18 heavy (non-hydrogen) atoms. The summed E-state index contributed by atoms with van der Waals surface area (Å²) in [5, 5.41) is 28.3. The van der Waals surface area contributed by atoms with Gasteiger partial charge in [-0.1, -0.05) is 6.92 Å². The van der Waals surface area contributed by atoms with Crippen LogP contribution in [0.4, 0.5) is 0 Å². The Morgan fingerprint density at radius 3 is 2.56 bits per heavy atom. The van der Waals surface area contributed by atoms with E-state index in [9.17, 15) is 24.9 Å². The second-order valence-electron chi connectivity index (χ2n) is 5.46. The highest BCUT2D eigenvalue weighted by atomic mass is 16.5. The first-order valence-electron chi connectivity index (χ1n) is 6.30. The smallest absolute Gasteiger partial charge is 0.308 e. The number of amides is 1. The van der Waals surface area contributed by atoms with Crippen molar-refractivity contribution in [1.82, 2.24) is 4.90 Å². The lowest BCUT2D eigenvalue weighted by Crippen LogP contribution is -2.52. The number of aliphatic hydroxyl groups is 2. The van der Waals surface area contributed by atoms with Crippen LogP contribution in [0.2, 0.25) is 0 Å². The van der Waals surface area contributed by atoms with E-state index in [0.29, 0.717) is 13.0 Å². The number of carbonyl (C=O) groups excluding carboxylic acids is 1. The highest BCUT2D eigenvalue weighted by molar-refractivity contribution is 5.82. The molecule has 6 heteroatoms. The molecule has 3 atom stereocenters. The van der Waals surface area contributed by atoms with E-state index >= 15 is 0 Å². The maximum absolute atomic E-state index is 11.9. The summed E-state index contributed by atoms with van der Waals surface area (Å²) in [4.78, 5) is 24.8. The number of rotatable bonds is 2. The van der Waals surface area contributed by atoms with Crippen molar-refractivity contribution in [3.63, 3.8) is 0 Å². The molecule has 2 fully saturated rings. The number of nitrogens with zero attached hydrogens (tertiary/aromatic N) is 1. The summed E-state index contributed by atoms with van der Waals surface area (Å²) in [6.07, 6.45) is 0.957. The molecule has 0 bridgehead atoms. The zero-order valence-electron chi connectivity index (χ0n) is 10.4. The van der Waals surface area contributed by atoms with E-state index in [-0.39, 0.29) is 24.7 Å². The van der Waals surface area contributed by atoms with Crippen LogP contribution in [0.15, 0.2) is 0 Å². The molecule has 1 saturated heterocycles. The van der Waals surface area contributed by atoms with Crippen molar-refractivity contribution in [3.05, 3.63) is 0 Å². The fraction of sp³-hybridized carbons (Fsp3) is 0.833. The number of carboxylic acid groups (broad SMARTS) is 1. The first-order chi connectivity index (χ1) is 8.32. The monoisotopic (exact) mass is 257 g/mol. The first-order valence-corrected chi connectivity index (χ1v) is 6.30. The lowest BCUT2D eigenvalue weighted by Gasteiger charge is -2.40. The Labute approximate surface area is 105 Å². The summed E-state index contributed by atoms with van der Waals surface area (Å²) in [7, 11) is 0. The summed E-state index contributed by atoms with van der Waals surface area (Å²) < 4.78 is 0. The van der Waals surface area contributed by atoms with E-state index in [1.165, 1.54) is 0 Å². The van der Waals surface area contributed by atoms with Crippen LogP contribution in [0.3, 0.4) is 0 Å². The molecule has 1 aliphatic heterocycles. The predicted octanol–water partition coefficient (Wildman–Crippen LogP) is -0.211. The average Bonchev–Trinajstić information content (AvgIpc) is 2.59. The van der Waals surface area contributed by atoms with Gasteiger partial charge in [-0.3, -0.25) is 9.59 Å². The number of carbonyl (C=O) groups is 2. The number of hydrogen-bond donors (Lipinski definition) is 3. The van der Waals surface area contributed by atoms with E-state index < -0.39 is 23.7 Å². The molecule has 2 rings (SSSR count). The minimum atomic E-state index is -1.92. The molecule has 0 aromatic carbocycles. The summed E-state index contributed by atoms with van der Waals surface area (Å²) in [6.45, 7) is 2.40. The normalized spacial score (nSPS) is 35.8. The second-order valence-corrected chi connectivity index (χ2v) is 5.46. The fourth-order valence-electron chi connectivity index (χ4n) is 2.97. The third kappa shape index (κ3) is 2.35. The summed E-state index contributed by atoms with van der Waals surface area (Å²) in [6, 6.07) is -0.410. The standard InChI is InChI=1S/C12H19NO5/c1-7-3-5-13(10(7)14)9-2-4-12(17,18)6-8(9)11(15)16/h7-9,17-18H,2-6H2,1H3,(H,15,16)/t7-,8+,9-/m0/s1. The van der Waals surface area contributed by atoms with Crippen molar-refractivity contribution in [2.75, 3.05) is 6.54 Å². The van der Waals surface area contributed by atoms with E-state index in [1.807, 2.05) is 6.92 Å². The summed E-state index contributed by atoms with van der Waals surface area (Å²) in [5.74, 6) is -3.97. The lowest BCUT2D eigenvalue weighted by molar-refractivity contribution is -0.206. The highest BCUT2D eigenvalue weighted by Crippen LogP contribution is 2.36. The van der Waals surface area contributed by atoms with Gasteiger partial charge in [-0.2, -0.15) is 0 Å². The maximum Gasteiger partial charge on any atom is 0.308 e. The van der Waals surface area contributed by atoms with Gasteiger partial charge in [0, 0.05) is 31.3 Å². The average molecular weight is 257 g/mol. The van der Waals surface area contributed by atoms with E-state index in [0.717, 1.165) is 6.42 Å². The largest absolute Gasteiger partial charge is 0.481 e. The van der Waals surface area contributed by atoms with Gasteiger partial charge in [0.15, 0.2) is 5.79 Å². The topological polar surface area (TPSA) is 98.1 Å². The molecule has 1 heterocycles. The van der Waals surface area contributed by atoms with Gasteiger partial charge in [-0.15, -0.1) is 0 Å². The van der Waals surface area contributed by atoms with Crippen molar-refractivity contribution >= 4 is 11.9 Å². The second kappa shape index (κ2) is 4.51. The molecule has 3 N–H and O–H groups in total. The quantitative estimate of drug-likeness (QED) is 0.595. The zero-order chi connectivity index (χ0) is 13.5. The van der Waals surface area contributed by atoms with Gasteiger partial charge in [0.1, 0.15) is 0 Å². The van der Waals surface area contributed by atoms with Gasteiger partial charge >= 0.3 is 5.97 Å². The van der Waals surface area contributed by atoms with Crippen molar-refractivity contribution in [2.24, 2.45) is 11.8 Å². The van der Waals surface area contributed by atoms with Crippen LogP contribution in [0.5, 0.6) is 0 Å². The fourth-order valence-corrected chi connectivity index (χ4v) is 2.97. The number of carboxylic acids is 1. The Bertz CT molecular complexity index is 367. The Balaban J connectivity index is 2.16. The molecule has 102 valence electrons. The van der Waals surface area contributed by atoms with Crippen LogP contribution in [-0.2, 0) is 9.59 Å². The van der Waals surface area contributed by atoms with Crippen molar-refractivity contribution in [2.45, 2.75) is 44.4 Å². The minimum absolute atomic E-state index is 0.0189. The molecule has 0 radical (unpaired) electrons. The molecule has 0 unspecified atom stereocenters. The van der Waals surface area contributed by atoms with Crippen LogP contribution in [-0.4, -0.2) is 50.5 Å². The SMILES string of the molecule is C[C@H]1CCN([C@H]2CCC(O)(O)C[C@H]2C(=O)O)C1=O. The number of aliphatic carboxylic acids is 1. The van der Waals surface area contributed by atoms with E-state index in [2.05, 4.69) is 0 Å². The third-order valence-corrected chi connectivity index (χ3v) is 4.08. The zero-order valence-corrected chi connectivity index (χ0v) is 10.4. The Morgan fingerprint density at radius 2 is 2.06 bits per heavy atom. The molecule has 0 aromatic rings. The van der Waals surface area contributed by atoms with Crippen molar-refractivity contribution < 1.29 is 24.9 Å². The molecule has 0 aromatic heterocycles. The van der Waals surface area contributed by atoms with E-state index in [4.69, 9.17) is 0 Å². The Hall–Kier alpha value is -1.14. The van der Waals surface area contributed by atoms with Crippen LogP contribution in [0.25, 0.3) is 0 Å². The molecule has 1 amide bonds. The Morgan fingerprint density at radius 1 is 1.39 bits per heavy atom. The highest BCUT2D eigenvalue weighted by Gasteiger charge is 2.47. The van der Waals surface area contributed by atoms with Gasteiger partial charge < -0.3 is 20.2 Å². The minimum Gasteiger partial charge on any atom is -0.481 e. The van der Waals surface area contributed by atoms with Crippen LogP contribution >= 0.6 is 0 Å². The van der Waals surface area contributed by atoms with Gasteiger partial charge in [-0.05, 0) is 12.8 Å². The number of likely N-dealkylation sites (tertiary alicyclic amines) is 1. The summed E-state index contributed by atoms with van der Waals surface area (Å²) in [5.41, 5.74) is 0. The van der Waals surface area contributed by atoms with Gasteiger partial charge in [-0.25, -0.2) is 0 Å². The molecule has 6 nitrogen and oxygen atoms in total. The first kappa shape index (κ1) is 13.3. The third-order valence-electron chi connectivity index (χ3n) is 4.08. The lowest BCUT2D eigenvalue weighted by atomic mass is 9.80. The van der Waals surface area contributed by atoms with Crippen LogP contribution in [0.1, 0.15) is 32.6 Å². The van der Waals surface area contributed by atoms with E-state index in [1.54, 1.807) is 4.90 Å². The van der Waals surface area contributed by atoms with Crippen molar-refractivity contribution in [1.29, 1.82) is 0 Å². The molecule has 1 aliphatic carbocycles. The molecular weight excluding hydrogens is 238 g/mol. The van der Waals surface area contributed by atoms with Crippen LogP contribution in [0, 0.1) is 11.8 Å². The molecule has 1 saturated carbocycles. The maximum atomic E-state index is 11.9. The van der Waals surface area contributed by atoms with Gasteiger partial charge in [0.2, 0.25) is 5.91 Å². The van der Waals surface area contributed by atoms with Crippen molar-refractivity contribution in [3.8, 4) is 0 Å². The van der Waals surface area contributed by atoms with Gasteiger partial charge in [0.25, 0.3) is 0 Å². The number of hydrogen-bond acceptors (Lipinski definition) is 4. The molecule has 2 aliphatic rings. The Kier molecular flexibility index (Phi) is 3.33.